The Balaban J connectivity index is 2.59. The van der Waals surface area contributed by atoms with Crippen LogP contribution in [-0.4, -0.2) is 35.6 Å². The standard InChI is InChI=1S/C13H13N3O3/c1-16(7-11(17)18)13-9(12(14)19)6-8-4-2-3-5-10(8)15-13/h2-6H,7H2,1H3,(H2,14,19)(H,17,18). The van der Waals surface area contributed by atoms with Crippen LogP contribution in [0.25, 0.3) is 10.9 Å². The van der Waals surface area contributed by atoms with Crippen molar-refractivity contribution in [3.8, 4) is 0 Å². The number of carboxylic acid groups (broad SMARTS) is 1. The third-order valence-corrected chi connectivity index (χ3v) is 2.70. The smallest absolute Gasteiger partial charge is 0.323 e. The van der Waals surface area contributed by atoms with Crippen LogP contribution in [0.1, 0.15) is 10.4 Å². The maximum absolute atomic E-state index is 11.5. The van der Waals surface area contributed by atoms with Gasteiger partial charge in [0.15, 0.2) is 0 Å². The molecule has 1 heterocycles. The van der Waals surface area contributed by atoms with Crippen molar-refractivity contribution in [3.05, 3.63) is 35.9 Å². The maximum atomic E-state index is 11.5. The van der Waals surface area contributed by atoms with Crippen molar-refractivity contribution in [1.29, 1.82) is 0 Å². The third kappa shape index (κ3) is 2.62. The number of hydrogen-bond acceptors (Lipinski definition) is 4. The highest BCUT2D eigenvalue weighted by Crippen LogP contribution is 2.22. The number of nitrogens with two attached hydrogens (primary N) is 1. The quantitative estimate of drug-likeness (QED) is 0.848. The second-order valence-corrected chi connectivity index (χ2v) is 4.17. The molecule has 6 nitrogen and oxygen atoms in total. The average molecular weight is 259 g/mol. The van der Waals surface area contributed by atoms with Crippen LogP contribution < -0.4 is 10.6 Å². The van der Waals surface area contributed by atoms with Gasteiger partial charge in [-0.15, -0.1) is 0 Å². The number of fused-ring (bicyclic) bond motifs is 1. The molecule has 0 saturated carbocycles. The van der Waals surface area contributed by atoms with Gasteiger partial charge in [-0.05, 0) is 12.1 Å². The molecule has 98 valence electrons. The second kappa shape index (κ2) is 4.93. The number of carboxylic acids is 1. The number of aliphatic carboxylic acids is 1. The first-order valence-electron chi connectivity index (χ1n) is 5.61. The number of hydrogen-bond donors (Lipinski definition) is 2. The monoisotopic (exact) mass is 259 g/mol. The number of likely N-dealkylation sites (N-methyl/N-ethyl adjacent to an activating group) is 1. The van der Waals surface area contributed by atoms with E-state index in [1.807, 2.05) is 18.2 Å². The van der Waals surface area contributed by atoms with Crippen LogP contribution in [-0.2, 0) is 4.79 Å². The number of carbonyl (C=O) groups excluding carboxylic acids is 1. The topological polar surface area (TPSA) is 96.5 Å². The van der Waals surface area contributed by atoms with Gasteiger partial charge in [-0.3, -0.25) is 9.59 Å². The lowest BCUT2D eigenvalue weighted by molar-refractivity contribution is -0.135. The highest BCUT2D eigenvalue weighted by molar-refractivity contribution is 6.01. The van der Waals surface area contributed by atoms with Crippen LogP contribution >= 0.6 is 0 Å². The van der Waals surface area contributed by atoms with Gasteiger partial charge in [-0.2, -0.15) is 0 Å². The van der Waals surface area contributed by atoms with Gasteiger partial charge in [0.05, 0.1) is 11.1 Å². The van der Waals surface area contributed by atoms with Crippen LogP contribution in [0.4, 0.5) is 5.82 Å². The molecule has 0 radical (unpaired) electrons. The van der Waals surface area contributed by atoms with E-state index >= 15 is 0 Å². The van der Waals surface area contributed by atoms with Crippen LogP contribution in [0, 0.1) is 0 Å². The molecular weight excluding hydrogens is 246 g/mol. The number of para-hydroxylation sites is 1. The Hall–Kier alpha value is -2.63. The van der Waals surface area contributed by atoms with E-state index < -0.39 is 11.9 Å². The molecule has 1 amide bonds. The summed E-state index contributed by atoms with van der Waals surface area (Å²) in [5.41, 5.74) is 6.21. The number of carbonyl (C=O) groups is 2. The first-order valence-corrected chi connectivity index (χ1v) is 5.61. The number of anilines is 1. The Kier molecular flexibility index (Phi) is 3.33. The van der Waals surface area contributed by atoms with Crippen LogP contribution in [0.15, 0.2) is 30.3 Å². The van der Waals surface area contributed by atoms with Crippen LogP contribution in [0.3, 0.4) is 0 Å². The number of nitrogens with zero attached hydrogens (tertiary/aromatic N) is 2. The molecule has 0 atom stereocenters. The molecule has 0 spiro atoms. The first-order chi connectivity index (χ1) is 8.99. The fraction of sp³-hybridized carbons (Fsp3) is 0.154. The lowest BCUT2D eigenvalue weighted by Gasteiger charge is -2.18. The molecule has 3 N–H and O–H groups in total. The first kappa shape index (κ1) is 12.8. The highest BCUT2D eigenvalue weighted by atomic mass is 16.4. The summed E-state index contributed by atoms with van der Waals surface area (Å²) in [4.78, 5) is 27.9. The fourth-order valence-electron chi connectivity index (χ4n) is 1.86. The number of amides is 1. The summed E-state index contributed by atoms with van der Waals surface area (Å²) in [6.07, 6.45) is 0. The van der Waals surface area contributed by atoms with E-state index in [9.17, 15) is 9.59 Å². The molecule has 2 rings (SSSR count). The molecule has 19 heavy (non-hydrogen) atoms. The summed E-state index contributed by atoms with van der Waals surface area (Å²) >= 11 is 0. The minimum absolute atomic E-state index is 0.211. The summed E-state index contributed by atoms with van der Waals surface area (Å²) in [5, 5.41) is 9.58. The van der Waals surface area contributed by atoms with Gasteiger partial charge < -0.3 is 15.7 Å². The van der Waals surface area contributed by atoms with Gasteiger partial charge in [0.1, 0.15) is 12.4 Å². The zero-order valence-corrected chi connectivity index (χ0v) is 10.3. The Morgan fingerprint density at radius 1 is 1.37 bits per heavy atom. The van der Waals surface area contributed by atoms with Crippen molar-refractivity contribution < 1.29 is 14.7 Å². The van der Waals surface area contributed by atoms with Gasteiger partial charge in [0.2, 0.25) is 0 Å². The van der Waals surface area contributed by atoms with Gasteiger partial charge in [0, 0.05) is 12.4 Å². The number of rotatable bonds is 4. The molecule has 0 bridgehead atoms. The zero-order valence-electron chi connectivity index (χ0n) is 10.3. The van der Waals surface area contributed by atoms with Gasteiger partial charge >= 0.3 is 5.97 Å². The van der Waals surface area contributed by atoms with E-state index in [4.69, 9.17) is 10.8 Å². The fourth-order valence-corrected chi connectivity index (χ4v) is 1.86. The molecular formula is C13H13N3O3. The molecule has 6 heteroatoms. The molecule has 1 aromatic heterocycles. The van der Waals surface area contributed by atoms with E-state index in [0.29, 0.717) is 5.52 Å². The number of aromatic nitrogens is 1. The van der Waals surface area contributed by atoms with Gasteiger partial charge in [0.25, 0.3) is 5.91 Å². The average Bonchev–Trinajstić information content (AvgIpc) is 2.36. The third-order valence-electron chi connectivity index (χ3n) is 2.70. The number of benzene rings is 1. The lowest BCUT2D eigenvalue weighted by Crippen LogP contribution is -2.28. The van der Waals surface area contributed by atoms with Crippen molar-refractivity contribution in [3.63, 3.8) is 0 Å². The summed E-state index contributed by atoms with van der Waals surface area (Å²) in [6, 6.07) is 8.88. The lowest BCUT2D eigenvalue weighted by atomic mass is 10.1. The predicted octanol–water partition coefficient (Wildman–Crippen LogP) is 0.855. The molecule has 2 aromatic rings. The summed E-state index contributed by atoms with van der Waals surface area (Å²) < 4.78 is 0. The summed E-state index contributed by atoms with van der Waals surface area (Å²) in [6.45, 7) is -0.258. The van der Waals surface area contributed by atoms with Crippen molar-refractivity contribution in [2.45, 2.75) is 0 Å². The Labute approximate surface area is 109 Å². The normalized spacial score (nSPS) is 10.4. The minimum Gasteiger partial charge on any atom is -0.480 e. The van der Waals surface area contributed by atoms with Gasteiger partial charge in [-0.1, -0.05) is 18.2 Å². The minimum atomic E-state index is -1.01. The Bertz CT molecular complexity index is 655. The van der Waals surface area contributed by atoms with E-state index in [1.54, 1.807) is 19.2 Å². The molecule has 0 unspecified atom stereocenters. The van der Waals surface area contributed by atoms with Crippen molar-refractivity contribution >= 4 is 28.6 Å². The SMILES string of the molecule is CN(CC(=O)O)c1nc2ccccc2cc1C(N)=O. The Morgan fingerprint density at radius 2 is 2.05 bits per heavy atom. The van der Waals surface area contributed by atoms with Crippen molar-refractivity contribution in [2.75, 3.05) is 18.5 Å². The van der Waals surface area contributed by atoms with E-state index in [2.05, 4.69) is 4.98 Å². The second-order valence-electron chi connectivity index (χ2n) is 4.17. The molecule has 1 aromatic carbocycles. The highest BCUT2D eigenvalue weighted by Gasteiger charge is 2.16. The summed E-state index contributed by atoms with van der Waals surface area (Å²) in [7, 11) is 1.55. The van der Waals surface area contributed by atoms with Crippen molar-refractivity contribution in [1.82, 2.24) is 4.98 Å². The molecule has 0 aliphatic carbocycles. The molecule has 0 saturated heterocycles. The largest absolute Gasteiger partial charge is 0.480 e. The zero-order chi connectivity index (χ0) is 14.0. The van der Waals surface area contributed by atoms with Crippen LogP contribution in [0.2, 0.25) is 0 Å². The number of primary amides is 1. The maximum Gasteiger partial charge on any atom is 0.323 e. The van der Waals surface area contributed by atoms with E-state index in [0.717, 1.165) is 5.39 Å². The molecule has 0 aliphatic heterocycles. The summed E-state index contributed by atoms with van der Waals surface area (Å²) in [5.74, 6) is -1.37. The van der Waals surface area contributed by atoms with E-state index in [1.165, 1.54) is 4.90 Å². The predicted molar refractivity (Wildman–Crippen MR) is 71.2 cm³/mol. The van der Waals surface area contributed by atoms with E-state index in [-0.39, 0.29) is 17.9 Å². The Morgan fingerprint density at radius 3 is 2.68 bits per heavy atom. The molecule has 0 fully saturated rings. The van der Waals surface area contributed by atoms with Crippen molar-refractivity contribution in [2.24, 2.45) is 5.73 Å². The number of pyridine rings is 1. The van der Waals surface area contributed by atoms with Gasteiger partial charge in [-0.25, -0.2) is 4.98 Å². The van der Waals surface area contributed by atoms with Crippen LogP contribution in [0.5, 0.6) is 0 Å². The molecule has 0 aliphatic rings.